The first-order valence-electron chi connectivity index (χ1n) is 7.98. The second-order valence-electron chi connectivity index (χ2n) is 5.61. The predicted molar refractivity (Wildman–Crippen MR) is 83.9 cm³/mol. The number of benzene rings is 1. The van der Waals surface area contributed by atoms with Crippen LogP contribution in [0.25, 0.3) is 0 Å². The van der Waals surface area contributed by atoms with E-state index in [1.54, 1.807) is 23.1 Å². The first-order chi connectivity index (χ1) is 10.2. The molecular formula is C17H25NO3. The molecule has 1 aliphatic rings. The topological polar surface area (TPSA) is 49.8 Å². The minimum absolute atomic E-state index is 0.000766. The molecule has 1 N–H and O–H groups in total. The summed E-state index contributed by atoms with van der Waals surface area (Å²) >= 11 is 0. The summed E-state index contributed by atoms with van der Waals surface area (Å²) in [6.45, 7) is 3.01. The zero-order valence-electron chi connectivity index (χ0n) is 12.8. The predicted octanol–water partition coefficient (Wildman–Crippen LogP) is 3.87. The van der Waals surface area contributed by atoms with Gasteiger partial charge in [0.2, 0.25) is 0 Å². The van der Waals surface area contributed by atoms with Gasteiger partial charge in [0.15, 0.2) is 6.61 Å². The average molecular weight is 291 g/mol. The molecule has 0 aliphatic carbocycles. The second kappa shape index (κ2) is 7.91. The van der Waals surface area contributed by atoms with E-state index >= 15 is 0 Å². The van der Waals surface area contributed by atoms with Gasteiger partial charge in [0, 0.05) is 12.6 Å². The minimum Gasteiger partial charge on any atom is -0.508 e. The number of nitrogens with zero attached hydrogens (tertiary/aromatic N) is 1. The smallest absolute Gasteiger partial charge is 0.265 e. The SMILES string of the molecule is CCCCCCCCCN1C(=O)COc2cc(O)ccc21. The zero-order valence-corrected chi connectivity index (χ0v) is 12.8. The number of unbranched alkanes of at least 4 members (excludes halogenated alkanes) is 6. The number of amides is 1. The number of carbonyl (C=O) groups excluding carboxylic acids is 1. The largest absolute Gasteiger partial charge is 0.508 e. The number of phenols is 1. The van der Waals surface area contributed by atoms with Crippen LogP contribution in [-0.2, 0) is 4.79 Å². The lowest BCUT2D eigenvalue weighted by Crippen LogP contribution is -2.39. The summed E-state index contributed by atoms with van der Waals surface area (Å²) in [5.74, 6) is 0.760. The summed E-state index contributed by atoms with van der Waals surface area (Å²) < 4.78 is 5.37. The minimum atomic E-state index is -0.000766. The quantitative estimate of drug-likeness (QED) is 0.740. The van der Waals surface area contributed by atoms with E-state index in [0.29, 0.717) is 5.75 Å². The maximum absolute atomic E-state index is 12.0. The molecule has 1 aromatic carbocycles. The third kappa shape index (κ3) is 4.38. The van der Waals surface area contributed by atoms with Crippen molar-refractivity contribution in [2.75, 3.05) is 18.1 Å². The van der Waals surface area contributed by atoms with Crippen molar-refractivity contribution >= 4 is 11.6 Å². The molecule has 1 heterocycles. The second-order valence-corrected chi connectivity index (χ2v) is 5.61. The van der Waals surface area contributed by atoms with E-state index in [-0.39, 0.29) is 18.3 Å². The molecule has 0 saturated carbocycles. The standard InChI is InChI=1S/C17H25NO3/c1-2-3-4-5-6-7-8-11-18-15-10-9-14(19)12-16(15)21-13-17(18)20/h9-10,12,19H,2-8,11,13H2,1H3. The lowest BCUT2D eigenvalue weighted by Gasteiger charge is -2.29. The molecule has 21 heavy (non-hydrogen) atoms. The summed E-state index contributed by atoms with van der Waals surface area (Å²) in [4.78, 5) is 13.8. The van der Waals surface area contributed by atoms with Crippen molar-refractivity contribution in [3.05, 3.63) is 18.2 Å². The summed E-state index contributed by atoms with van der Waals surface area (Å²) in [5.41, 5.74) is 0.773. The fourth-order valence-electron chi connectivity index (χ4n) is 2.67. The number of carbonyl (C=O) groups is 1. The van der Waals surface area contributed by atoms with Gasteiger partial charge in [-0.2, -0.15) is 0 Å². The van der Waals surface area contributed by atoms with Crippen LogP contribution in [0, 0.1) is 0 Å². The fraction of sp³-hybridized carbons (Fsp3) is 0.588. The molecule has 0 radical (unpaired) electrons. The van der Waals surface area contributed by atoms with Crippen LogP contribution in [0.1, 0.15) is 51.9 Å². The monoisotopic (exact) mass is 291 g/mol. The fourth-order valence-corrected chi connectivity index (χ4v) is 2.67. The van der Waals surface area contributed by atoms with Crippen LogP contribution in [0.2, 0.25) is 0 Å². The molecule has 0 atom stereocenters. The Labute approximate surface area is 126 Å². The lowest BCUT2D eigenvalue weighted by atomic mass is 10.1. The van der Waals surface area contributed by atoms with Gasteiger partial charge < -0.3 is 14.7 Å². The van der Waals surface area contributed by atoms with E-state index in [4.69, 9.17) is 4.74 Å². The van der Waals surface area contributed by atoms with Gasteiger partial charge in [-0.1, -0.05) is 45.4 Å². The van der Waals surface area contributed by atoms with Gasteiger partial charge in [0.1, 0.15) is 11.5 Å². The highest BCUT2D eigenvalue weighted by atomic mass is 16.5. The van der Waals surface area contributed by atoms with E-state index in [1.807, 2.05) is 0 Å². The number of hydrogen-bond acceptors (Lipinski definition) is 3. The van der Waals surface area contributed by atoms with Gasteiger partial charge >= 0.3 is 0 Å². The lowest BCUT2D eigenvalue weighted by molar-refractivity contribution is -0.121. The maximum atomic E-state index is 12.0. The molecule has 0 aromatic heterocycles. The highest BCUT2D eigenvalue weighted by Gasteiger charge is 2.25. The molecule has 0 fully saturated rings. The van der Waals surface area contributed by atoms with Crippen LogP contribution >= 0.6 is 0 Å². The van der Waals surface area contributed by atoms with Crippen molar-refractivity contribution in [2.45, 2.75) is 51.9 Å². The number of aromatic hydroxyl groups is 1. The molecule has 0 bridgehead atoms. The number of rotatable bonds is 8. The summed E-state index contributed by atoms with van der Waals surface area (Å²) in [7, 11) is 0. The Morgan fingerprint density at radius 1 is 1.14 bits per heavy atom. The highest BCUT2D eigenvalue weighted by Crippen LogP contribution is 2.35. The normalized spacial score (nSPS) is 14.0. The van der Waals surface area contributed by atoms with Crippen molar-refractivity contribution in [3.8, 4) is 11.5 Å². The summed E-state index contributed by atoms with van der Waals surface area (Å²) in [6, 6.07) is 4.92. The third-order valence-corrected chi connectivity index (χ3v) is 3.87. The third-order valence-electron chi connectivity index (χ3n) is 3.87. The van der Waals surface area contributed by atoms with E-state index in [9.17, 15) is 9.90 Å². The number of phenolic OH excluding ortho intramolecular Hbond substituents is 1. The highest BCUT2D eigenvalue weighted by molar-refractivity contribution is 5.97. The molecule has 0 saturated heterocycles. The van der Waals surface area contributed by atoms with Crippen molar-refractivity contribution in [3.63, 3.8) is 0 Å². The Morgan fingerprint density at radius 2 is 1.86 bits per heavy atom. The Kier molecular flexibility index (Phi) is 5.90. The Hall–Kier alpha value is -1.71. The van der Waals surface area contributed by atoms with Crippen molar-refractivity contribution < 1.29 is 14.6 Å². The molecule has 1 aromatic rings. The Morgan fingerprint density at radius 3 is 2.62 bits per heavy atom. The molecule has 0 unspecified atom stereocenters. The van der Waals surface area contributed by atoms with Crippen LogP contribution in [0.4, 0.5) is 5.69 Å². The molecule has 4 heteroatoms. The maximum Gasteiger partial charge on any atom is 0.265 e. The Balaban J connectivity index is 1.81. The van der Waals surface area contributed by atoms with Crippen LogP contribution < -0.4 is 9.64 Å². The Bertz CT molecular complexity index is 473. The first-order valence-corrected chi connectivity index (χ1v) is 7.98. The van der Waals surface area contributed by atoms with Gasteiger partial charge in [0.05, 0.1) is 5.69 Å². The molecule has 4 nitrogen and oxygen atoms in total. The van der Waals surface area contributed by atoms with Crippen LogP contribution in [-0.4, -0.2) is 24.2 Å². The van der Waals surface area contributed by atoms with Crippen LogP contribution in [0.3, 0.4) is 0 Å². The molecule has 1 aliphatic heterocycles. The molecule has 2 rings (SSSR count). The van der Waals surface area contributed by atoms with E-state index < -0.39 is 0 Å². The van der Waals surface area contributed by atoms with E-state index in [0.717, 1.165) is 25.1 Å². The first kappa shape index (κ1) is 15.7. The molecule has 0 spiro atoms. The van der Waals surface area contributed by atoms with E-state index in [2.05, 4.69) is 6.92 Å². The number of hydrogen-bond donors (Lipinski definition) is 1. The van der Waals surface area contributed by atoms with E-state index in [1.165, 1.54) is 32.1 Å². The molecule has 116 valence electrons. The number of ether oxygens (including phenoxy) is 1. The summed E-state index contributed by atoms with van der Waals surface area (Å²) in [6.07, 6.45) is 8.59. The van der Waals surface area contributed by atoms with Gasteiger partial charge in [-0.25, -0.2) is 0 Å². The molecular weight excluding hydrogens is 266 g/mol. The summed E-state index contributed by atoms with van der Waals surface area (Å²) in [5, 5.41) is 9.47. The van der Waals surface area contributed by atoms with Crippen LogP contribution in [0.5, 0.6) is 11.5 Å². The van der Waals surface area contributed by atoms with Gasteiger partial charge in [-0.15, -0.1) is 0 Å². The van der Waals surface area contributed by atoms with Gasteiger partial charge in [-0.3, -0.25) is 4.79 Å². The van der Waals surface area contributed by atoms with Gasteiger partial charge in [-0.05, 0) is 18.6 Å². The van der Waals surface area contributed by atoms with Gasteiger partial charge in [0.25, 0.3) is 5.91 Å². The number of fused-ring (bicyclic) bond motifs is 1. The average Bonchev–Trinajstić information content (AvgIpc) is 2.48. The van der Waals surface area contributed by atoms with Crippen molar-refractivity contribution in [2.24, 2.45) is 0 Å². The van der Waals surface area contributed by atoms with Crippen LogP contribution in [0.15, 0.2) is 18.2 Å². The molecule has 1 amide bonds. The zero-order chi connectivity index (χ0) is 15.1. The van der Waals surface area contributed by atoms with Crippen molar-refractivity contribution in [1.82, 2.24) is 0 Å². The van der Waals surface area contributed by atoms with Crippen molar-refractivity contribution in [1.29, 1.82) is 0 Å². The number of anilines is 1.